The molecule has 0 radical (unpaired) electrons. The third-order valence-electron chi connectivity index (χ3n) is 2.61. The summed E-state index contributed by atoms with van der Waals surface area (Å²) in [5.74, 6) is 0.709. The maximum atomic E-state index is 12.8. The standard InChI is InChI=1S/C13H14FNO/c1-15-13(9-12-3-2-8-16-12)10-4-6-11(14)7-5-10/h2-8,13,15H,9H2,1H3. The molecule has 1 aromatic carbocycles. The van der Waals surface area contributed by atoms with Gasteiger partial charge in [-0.15, -0.1) is 0 Å². The minimum Gasteiger partial charge on any atom is -0.469 e. The highest BCUT2D eigenvalue weighted by Gasteiger charge is 2.11. The molecule has 0 aliphatic rings. The van der Waals surface area contributed by atoms with Crippen molar-refractivity contribution in [2.24, 2.45) is 0 Å². The Morgan fingerprint density at radius 1 is 1.25 bits per heavy atom. The number of likely N-dealkylation sites (N-methyl/N-ethyl adjacent to an activating group) is 1. The van der Waals surface area contributed by atoms with E-state index in [0.29, 0.717) is 0 Å². The van der Waals surface area contributed by atoms with Gasteiger partial charge in [-0.25, -0.2) is 4.39 Å². The summed E-state index contributed by atoms with van der Waals surface area (Å²) in [6.45, 7) is 0. The minimum absolute atomic E-state index is 0.145. The normalized spacial score (nSPS) is 12.6. The van der Waals surface area contributed by atoms with Gasteiger partial charge in [-0.1, -0.05) is 12.1 Å². The predicted octanol–water partition coefficient (Wildman–Crippen LogP) is 2.92. The van der Waals surface area contributed by atoms with E-state index in [0.717, 1.165) is 17.7 Å². The van der Waals surface area contributed by atoms with E-state index in [9.17, 15) is 4.39 Å². The maximum absolute atomic E-state index is 12.8. The van der Waals surface area contributed by atoms with Gasteiger partial charge in [-0.3, -0.25) is 0 Å². The molecule has 2 nitrogen and oxygen atoms in total. The number of furan rings is 1. The first-order chi connectivity index (χ1) is 7.79. The molecule has 0 saturated heterocycles. The van der Waals surface area contributed by atoms with Gasteiger partial charge in [-0.2, -0.15) is 0 Å². The van der Waals surface area contributed by atoms with E-state index in [2.05, 4.69) is 5.32 Å². The first-order valence-corrected chi connectivity index (χ1v) is 5.24. The molecular weight excluding hydrogens is 205 g/mol. The zero-order valence-corrected chi connectivity index (χ0v) is 9.11. The first-order valence-electron chi connectivity index (χ1n) is 5.24. The van der Waals surface area contributed by atoms with Gasteiger partial charge in [0, 0.05) is 12.5 Å². The quantitative estimate of drug-likeness (QED) is 0.855. The summed E-state index contributed by atoms with van der Waals surface area (Å²) in [7, 11) is 1.89. The van der Waals surface area contributed by atoms with Crippen molar-refractivity contribution in [2.45, 2.75) is 12.5 Å². The van der Waals surface area contributed by atoms with Gasteiger partial charge >= 0.3 is 0 Å². The summed E-state index contributed by atoms with van der Waals surface area (Å²) >= 11 is 0. The molecule has 1 unspecified atom stereocenters. The van der Waals surface area contributed by atoms with Crippen molar-refractivity contribution in [2.75, 3.05) is 7.05 Å². The Morgan fingerprint density at radius 2 is 2.00 bits per heavy atom. The monoisotopic (exact) mass is 219 g/mol. The third kappa shape index (κ3) is 2.49. The summed E-state index contributed by atoms with van der Waals surface area (Å²) in [6.07, 6.45) is 2.42. The second-order valence-electron chi connectivity index (χ2n) is 3.68. The molecule has 0 aliphatic carbocycles. The Labute approximate surface area is 94.1 Å². The molecular formula is C13H14FNO. The molecule has 0 aliphatic heterocycles. The van der Waals surface area contributed by atoms with Crippen LogP contribution in [0, 0.1) is 5.82 Å². The van der Waals surface area contributed by atoms with E-state index in [1.807, 2.05) is 19.2 Å². The number of benzene rings is 1. The zero-order chi connectivity index (χ0) is 11.4. The topological polar surface area (TPSA) is 25.2 Å². The van der Waals surface area contributed by atoms with Crippen LogP contribution in [-0.2, 0) is 6.42 Å². The minimum atomic E-state index is -0.211. The SMILES string of the molecule is CNC(Cc1ccco1)c1ccc(F)cc1. The van der Waals surface area contributed by atoms with Crippen LogP contribution in [0.2, 0.25) is 0 Å². The predicted molar refractivity (Wildman–Crippen MR) is 60.6 cm³/mol. The fraction of sp³-hybridized carbons (Fsp3) is 0.231. The Kier molecular flexibility index (Phi) is 3.37. The Hall–Kier alpha value is -1.61. The molecule has 1 N–H and O–H groups in total. The van der Waals surface area contributed by atoms with E-state index < -0.39 is 0 Å². The molecule has 2 rings (SSSR count). The van der Waals surface area contributed by atoms with Crippen molar-refractivity contribution in [1.82, 2.24) is 5.32 Å². The van der Waals surface area contributed by atoms with Crippen molar-refractivity contribution in [3.63, 3.8) is 0 Å². The molecule has 2 aromatic rings. The molecule has 0 amide bonds. The highest BCUT2D eigenvalue weighted by Crippen LogP contribution is 2.18. The van der Waals surface area contributed by atoms with Crippen LogP contribution in [0.1, 0.15) is 17.4 Å². The second-order valence-corrected chi connectivity index (χ2v) is 3.68. The molecule has 1 aromatic heterocycles. The summed E-state index contributed by atoms with van der Waals surface area (Å²) in [4.78, 5) is 0. The van der Waals surface area contributed by atoms with Crippen LogP contribution in [-0.4, -0.2) is 7.05 Å². The van der Waals surface area contributed by atoms with Crippen LogP contribution in [0.4, 0.5) is 4.39 Å². The van der Waals surface area contributed by atoms with E-state index in [1.165, 1.54) is 12.1 Å². The van der Waals surface area contributed by atoms with Gasteiger partial charge in [0.2, 0.25) is 0 Å². The number of nitrogens with one attached hydrogen (secondary N) is 1. The molecule has 1 heterocycles. The lowest BCUT2D eigenvalue weighted by atomic mass is 10.0. The Bertz CT molecular complexity index is 422. The lowest BCUT2D eigenvalue weighted by molar-refractivity contribution is 0.465. The van der Waals surface area contributed by atoms with E-state index in [-0.39, 0.29) is 11.9 Å². The molecule has 84 valence electrons. The number of hydrogen-bond acceptors (Lipinski definition) is 2. The van der Waals surface area contributed by atoms with Crippen molar-refractivity contribution in [3.8, 4) is 0 Å². The number of rotatable bonds is 4. The van der Waals surface area contributed by atoms with Crippen LogP contribution >= 0.6 is 0 Å². The van der Waals surface area contributed by atoms with Gasteiger partial charge in [0.05, 0.1) is 6.26 Å². The van der Waals surface area contributed by atoms with Gasteiger partial charge in [0.15, 0.2) is 0 Å². The third-order valence-corrected chi connectivity index (χ3v) is 2.61. The number of halogens is 1. The average Bonchev–Trinajstić information content (AvgIpc) is 2.80. The fourth-order valence-corrected chi connectivity index (χ4v) is 1.71. The zero-order valence-electron chi connectivity index (χ0n) is 9.11. The van der Waals surface area contributed by atoms with Crippen LogP contribution < -0.4 is 5.32 Å². The van der Waals surface area contributed by atoms with Crippen LogP contribution in [0.15, 0.2) is 47.1 Å². The molecule has 1 atom stereocenters. The largest absolute Gasteiger partial charge is 0.469 e. The molecule has 0 spiro atoms. The van der Waals surface area contributed by atoms with Crippen LogP contribution in [0.25, 0.3) is 0 Å². The number of hydrogen-bond donors (Lipinski definition) is 1. The smallest absolute Gasteiger partial charge is 0.123 e. The van der Waals surface area contributed by atoms with Crippen LogP contribution in [0.3, 0.4) is 0 Å². The van der Waals surface area contributed by atoms with E-state index >= 15 is 0 Å². The molecule has 0 fully saturated rings. The van der Waals surface area contributed by atoms with Gasteiger partial charge in [0.1, 0.15) is 11.6 Å². The van der Waals surface area contributed by atoms with Gasteiger partial charge in [0.25, 0.3) is 0 Å². The van der Waals surface area contributed by atoms with E-state index in [4.69, 9.17) is 4.42 Å². The van der Waals surface area contributed by atoms with Crippen molar-refractivity contribution >= 4 is 0 Å². The lowest BCUT2D eigenvalue weighted by Gasteiger charge is -2.15. The highest BCUT2D eigenvalue weighted by molar-refractivity contribution is 5.21. The average molecular weight is 219 g/mol. The second kappa shape index (κ2) is 4.94. The molecule has 16 heavy (non-hydrogen) atoms. The Morgan fingerprint density at radius 3 is 2.56 bits per heavy atom. The van der Waals surface area contributed by atoms with Gasteiger partial charge in [-0.05, 0) is 36.9 Å². The summed E-state index contributed by atoms with van der Waals surface area (Å²) in [5, 5.41) is 3.19. The van der Waals surface area contributed by atoms with Crippen molar-refractivity contribution in [3.05, 3.63) is 59.8 Å². The van der Waals surface area contributed by atoms with Gasteiger partial charge < -0.3 is 9.73 Å². The maximum Gasteiger partial charge on any atom is 0.123 e. The highest BCUT2D eigenvalue weighted by atomic mass is 19.1. The van der Waals surface area contributed by atoms with E-state index in [1.54, 1.807) is 18.4 Å². The molecule has 0 saturated carbocycles. The van der Waals surface area contributed by atoms with Crippen molar-refractivity contribution in [1.29, 1.82) is 0 Å². The molecule has 0 bridgehead atoms. The van der Waals surface area contributed by atoms with Crippen LogP contribution in [0.5, 0.6) is 0 Å². The molecule has 3 heteroatoms. The summed E-state index contributed by atoms with van der Waals surface area (Å²) in [6, 6.07) is 10.5. The first kappa shape index (κ1) is 10.9. The Balaban J connectivity index is 2.13. The lowest BCUT2D eigenvalue weighted by Crippen LogP contribution is -2.18. The van der Waals surface area contributed by atoms with Crippen molar-refractivity contribution < 1.29 is 8.81 Å². The fourth-order valence-electron chi connectivity index (χ4n) is 1.71. The summed E-state index contributed by atoms with van der Waals surface area (Å²) < 4.78 is 18.1. The summed E-state index contributed by atoms with van der Waals surface area (Å²) in [5.41, 5.74) is 1.06.